The Balaban J connectivity index is 2.30. The van der Waals surface area contributed by atoms with Crippen molar-refractivity contribution in [3.05, 3.63) is 16.4 Å². The van der Waals surface area contributed by atoms with E-state index in [0.717, 1.165) is 10.9 Å². The van der Waals surface area contributed by atoms with E-state index < -0.39 is 41.9 Å². The molecule has 1 fully saturated rings. The van der Waals surface area contributed by atoms with Crippen LogP contribution in [0.2, 0.25) is 0 Å². The van der Waals surface area contributed by atoms with E-state index in [4.69, 9.17) is 9.84 Å². The minimum Gasteiger partial charge on any atom is -0.394 e. The van der Waals surface area contributed by atoms with Crippen LogP contribution in [-0.2, 0) is 4.74 Å². The van der Waals surface area contributed by atoms with Crippen molar-refractivity contribution in [1.82, 2.24) is 9.55 Å². The summed E-state index contributed by atoms with van der Waals surface area (Å²) in [6.07, 6.45) is -3.57. The lowest BCUT2D eigenvalue weighted by atomic mass is 10.1. The van der Waals surface area contributed by atoms with Gasteiger partial charge in [-0.05, 0) is 9.91 Å². The number of nitro groups is 1. The predicted octanol–water partition coefficient (Wildman–Crippen LogP) is -1.31. The maximum absolute atomic E-state index is 10.6. The second-order valence-electron chi connectivity index (χ2n) is 3.79. The Bertz CT molecular complexity index is 466. The van der Waals surface area contributed by atoms with E-state index in [-0.39, 0.29) is 5.03 Å². The first kappa shape index (κ1) is 13.2. The highest BCUT2D eigenvalue weighted by Gasteiger charge is 2.44. The van der Waals surface area contributed by atoms with Crippen molar-refractivity contribution in [3.8, 4) is 0 Å². The van der Waals surface area contributed by atoms with Crippen LogP contribution < -0.4 is 0 Å². The number of nitrogens with zero attached hydrogens (tertiary/aromatic N) is 3. The summed E-state index contributed by atoms with van der Waals surface area (Å²) in [7, 11) is 0. The molecule has 0 amide bonds. The third-order valence-electron chi connectivity index (χ3n) is 2.71. The molecule has 2 rings (SSSR count). The molecule has 10 heteroatoms. The summed E-state index contributed by atoms with van der Waals surface area (Å²) in [5, 5.41) is 38.8. The zero-order valence-corrected chi connectivity index (χ0v) is 9.84. The van der Waals surface area contributed by atoms with Gasteiger partial charge in [-0.2, -0.15) is 0 Å². The minimum atomic E-state index is -1.33. The lowest BCUT2D eigenvalue weighted by molar-refractivity contribution is -0.392. The van der Waals surface area contributed by atoms with E-state index in [1.54, 1.807) is 0 Å². The molecule has 100 valence electrons. The van der Waals surface area contributed by atoms with E-state index in [1.165, 1.54) is 0 Å². The number of hydrogen-bond donors (Lipinski definition) is 4. The van der Waals surface area contributed by atoms with E-state index in [2.05, 4.69) is 17.6 Å². The van der Waals surface area contributed by atoms with Crippen LogP contribution in [0.15, 0.2) is 11.4 Å². The van der Waals surface area contributed by atoms with Gasteiger partial charge in [-0.25, -0.2) is 0 Å². The quantitative estimate of drug-likeness (QED) is 0.306. The Morgan fingerprint density at radius 2 is 2.22 bits per heavy atom. The van der Waals surface area contributed by atoms with Gasteiger partial charge in [-0.3, -0.25) is 4.57 Å². The molecular formula is C8H11N3O6S. The number of thiol groups is 1. The van der Waals surface area contributed by atoms with Crippen LogP contribution in [0, 0.1) is 10.1 Å². The number of aromatic nitrogens is 2. The molecule has 0 bridgehead atoms. The Kier molecular flexibility index (Phi) is 3.54. The molecule has 0 aromatic carbocycles. The fourth-order valence-corrected chi connectivity index (χ4v) is 2.07. The molecule has 0 aliphatic carbocycles. The molecule has 2 heterocycles. The van der Waals surface area contributed by atoms with Crippen LogP contribution in [0.3, 0.4) is 0 Å². The Hall–Kier alpha value is -1.20. The molecular weight excluding hydrogens is 266 g/mol. The van der Waals surface area contributed by atoms with Gasteiger partial charge < -0.3 is 30.2 Å². The third-order valence-corrected chi connectivity index (χ3v) is 3.14. The normalized spacial score (nSPS) is 31.8. The van der Waals surface area contributed by atoms with Gasteiger partial charge in [-0.15, -0.1) is 12.6 Å². The molecule has 1 aliphatic rings. The van der Waals surface area contributed by atoms with Gasteiger partial charge in [0, 0.05) is 0 Å². The largest absolute Gasteiger partial charge is 0.395 e. The number of aliphatic hydroxyl groups excluding tert-OH is 3. The Morgan fingerprint density at radius 3 is 2.67 bits per heavy atom. The first-order valence-electron chi connectivity index (χ1n) is 5.00. The average molecular weight is 277 g/mol. The fourth-order valence-electron chi connectivity index (χ4n) is 1.77. The first-order valence-corrected chi connectivity index (χ1v) is 5.44. The maximum atomic E-state index is 10.6. The number of imidazole rings is 1. The molecule has 1 aliphatic heterocycles. The first-order chi connectivity index (χ1) is 8.47. The minimum absolute atomic E-state index is 0.102. The van der Waals surface area contributed by atoms with Gasteiger partial charge in [0.15, 0.2) is 11.3 Å². The highest BCUT2D eigenvalue weighted by atomic mass is 32.1. The molecule has 0 unspecified atom stereocenters. The number of ether oxygens (including phenoxy) is 1. The van der Waals surface area contributed by atoms with Gasteiger partial charge in [-0.1, -0.05) is 0 Å². The SMILES string of the molecule is O=[N+]([O-])c1ncn([C@@H]2O[C@@H](CO)[C@@H](O)[C@@H]2O)c1S. The number of rotatable bonds is 3. The van der Waals surface area contributed by atoms with Crippen LogP contribution >= 0.6 is 12.6 Å². The molecule has 4 atom stereocenters. The molecule has 1 aromatic heterocycles. The Morgan fingerprint density at radius 1 is 1.56 bits per heavy atom. The summed E-state index contributed by atoms with van der Waals surface area (Å²) in [5.74, 6) is -0.476. The second-order valence-corrected chi connectivity index (χ2v) is 4.21. The summed E-state index contributed by atoms with van der Waals surface area (Å²) in [5.41, 5.74) is 0. The molecule has 1 aromatic rings. The zero-order chi connectivity index (χ0) is 13.4. The van der Waals surface area contributed by atoms with E-state index in [0.29, 0.717) is 0 Å². The predicted molar refractivity (Wildman–Crippen MR) is 59.1 cm³/mol. The summed E-state index contributed by atoms with van der Waals surface area (Å²) in [6, 6.07) is 0. The highest BCUT2D eigenvalue weighted by molar-refractivity contribution is 7.80. The monoisotopic (exact) mass is 277 g/mol. The van der Waals surface area contributed by atoms with Crippen molar-refractivity contribution < 1.29 is 25.0 Å². The fraction of sp³-hybridized carbons (Fsp3) is 0.625. The molecule has 0 saturated carbocycles. The number of hydrogen-bond acceptors (Lipinski definition) is 8. The van der Waals surface area contributed by atoms with E-state index in [1.807, 2.05) is 0 Å². The lowest BCUT2D eigenvalue weighted by Crippen LogP contribution is -2.33. The van der Waals surface area contributed by atoms with Crippen molar-refractivity contribution in [2.24, 2.45) is 0 Å². The van der Waals surface area contributed by atoms with Gasteiger partial charge in [0.05, 0.1) is 6.61 Å². The van der Waals surface area contributed by atoms with Crippen LogP contribution in [0.25, 0.3) is 0 Å². The van der Waals surface area contributed by atoms with Gasteiger partial charge >= 0.3 is 5.82 Å². The summed E-state index contributed by atoms with van der Waals surface area (Å²) >= 11 is 3.93. The van der Waals surface area contributed by atoms with Crippen molar-refractivity contribution in [3.63, 3.8) is 0 Å². The highest BCUT2D eigenvalue weighted by Crippen LogP contribution is 2.33. The number of aliphatic hydroxyl groups is 3. The standard InChI is InChI=1S/C8H11N3O6S/c12-1-3-4(13)5(14)7(17-3)10-2-9-6(8(10)18)11(15)16/h2-5,7,12-14,18H,1H2/t3-,4+,5-,7+/m0/s1. The summed E-state index contributed by atoms with van der Waals surface area (Å²) in [4.78, 5) is 13.4. The summed E-state index contributed by atoms with van der Waals surface area (Å²) in [6.45, 7) is -0.479. The van der Waals surface area contributed by atoms with Gasteiger partial charge in [0.2, 0.25) is 6.33 Å². The smallest absolute Gasteiger partial charge is 0.394 e. The summed E-state index contributed by atoms with van der Waals surface area (Å²) < 4.78 is 6.33. The van der Waals surface area contributed by atoms with Crippen molar-refractivity contribution in [2.75, 3.05) is 6.61 Å². The molecule has 18 heavy (non-hydrogen) atoms. The van der Waals surface area contributed by atoms with Crippen LogP contribution in [0.1, 0.15) is 6.23 Å². The molecule has 1 saturated heterocycles. The van der Waals surface area contributed by atoms with E-state index >= 15 is 0 Å². The van der Waals surface area contributed by atoms with Gasteiger partial charge in [0.25, 0.3) is 0 Å². The zero-order valence-electron chi connectivity index (χ0n) is 8.95. The second kappa shape index (κ2) is 4.82. The van der Waals surface area contributed by atoms with Crippen LogP contribution in [0.4, 0.5) is 5.82 Å². The molecule has 0 spiro atoms. The average Bonchev–Trinajstić information content (AvgIpc) is 2.82. The molecule has 3 N–H and O–H groups in total. The topological polar surface area (TPSA) is 131 Å². The van der Waals surface area contributed by atoms with E-state index in [9.17, 15) is 20.3 Å². The van der Waals surface area contributed by atoms with Crippen LogP contribution in [-0.4, -0.2) is 54.7 Å². The molecule has 0 radical (unpaired) electrons. The van der Waals surface area contributed by atoms with Crippen LogP contribution in [0.5, 0.6) is 0 Å². The van der Waals surface area contributed by atoms with Crippen molar-refractivity contribution >= 4 is 18.4 Å². The maximum Gasteiger partial charge on any atom is 0.395 e. The van der Waals surface area contributed by atoms with Gasteiger partial charge in [0.1, 0.15) is 18.3 Å². The molecule has 9 nitrogen and oxygen atoms in total. The third kappa shape index (κ3) is 1.97. The van der Waals surface area contributed by atoms with Crippen molar-refractivity contribution in [2.45, 2.75) is 29.6 Å². The lowest BCUT2D eigenvalue weighted by Gasteiger charge is -2.15. The Labute approximate surface area is 106 Å². The van der Waals surface area contributed by atoms with Crippen molar-refractivity contribution in [1.29, 1.82) is 0 Å².